The zero-order chi connectivity index (χ0) is 22.2. The number of nitriles is 1. The summed E-state index contributed by atoms with van der Waals surface area (Å²) in [6.07, 6.45) is 8.72. The van der Waals surface area contributed by atoms with Gasteiger partial charge in [-0.1, -0.05) is 31.0 Å². The lowest BCUT2D eigenvalue weighted by Gasteiger charge is -2.39. The van der Waals surface area contributed by atoms with Gasteiger partial charge in [0.1, 0.15) is 0 Å². The number of rotatable bonds is 5. The van der Waals surface area contributed by atoms with Crippen LogP contribution >= 0.6 is 0 Å². The van der Waals surface area contributed by atoms with E-state index in [-0.39, 0.29) is 11.9 Å². The van der Waals surface area contributed by atoms with Crippen molar-refractivity contribution in [3.63, 3.8) is 0 Å². The van der Waals surface area contributed by atoms with Crippen LogP contribution in [0.5, 0.6) is 0 Å². The van der Waals surface area contributed by atoms with Crippen LogP contribution in [0.2, 0.25) is 0 Å². The molecule has 2 fully saturated rings. The molecule has 2 aromatic carbocycles. The Balaban J connectivity index is 1.34. The Morgan fingerprint density at radius 1 is 1.03 bits per heavy atom. The molecule has 1 unspecified atom stereocenters. The third kappa shape index (κ3) is 5.95. The maximum Gasteiger partial charge on any atom is 0.345 e. The molecule has 0 aromatic heterocycles. The number of hydrogen-bond donors (Lipinski definition) is 2. The summed E-state index contributed by atoms with van der Waals surface area (Å²) in [4.78, 5) is 18.9. The molecule has 0 radical (unpaired) electrons. The van der Waals surface area contributed by atoms with E-state index in [1.54, 1.807) is 0 Å². The molecule has 2 aromatic rings. The number of amides is 2. The number of hydrogen-bond acceptors (Lipinski definition) is 4. The molecule has 2 amide bonds. The molecule has 1 saturated carbocycles. The predicted molar refractivity (Wildman–Crippen MR) is 129 cm³/mol. The van der Waals surface area contributed by atoms with E-state index in [1.807, 2.05) is 60.8 Å². The van der Waals surface area contributed by atoms with Crippen molar-refractivity contribution < 1.29 is 4.79 Å². The molecule has 2 aliphatic rings. The third-order valence-corrected chi connectivity index (χ3v) is 6.46. The van der Waals surface area contributed by atoms with E-state index in [2.05, 4.69) is 26.6 Å². The van der Waals surface area contributed by atoms with Gasteiger partial charge in [-0.3, -0.25) is 0 Å². The summed E-state index contributed by atoms with van der Waals surface area (Å²) < 4.78 is 0. The third-order valence-electron chi connectivity index (χ3n) is 6.46. The van der Waals surface area contributed by atoms with Gasteiger partial charge in [-0.05, 0) is 62.1 Å². The Hall–Kier alpha value is -3.17. The number of benzene rings is 2. The van der Waals surface area contributed by atoms with Crippen molar-refractivity contribution in [3.8, 4) is 6.07 Å². The summed E-state index contributed by atoms with van der Waals surface area (Å²) in [5.74, 6) is 0.274. The summed E-state index contributed by atoms with van der Waals surface area (Å²) in [6.45, 7) is 2.00. The number of urea groups is 1. The maximum absolute atomic E-state index is 12.2. The summed E-state index contributed by atoms with van der Waals surface area (Å²) >= 11 is 0. The highest BCUT2D eigenvalue weighted by molar-refractivity contribution is 5.94. The van der Waals surface area contributed by atoms with Gasteiger partial charge in [0.25, 0.3) is 0 Å². The number of anilines is 2. The van der Waals surface area contributed by atoms with Crippen molar-refractivity contribution in [1.29, 1.82) is 5.26 Å². The lowest BCUT2D eigenvalue weighted by molar-refractivity contribution is 0.259. The second kappa shape index (κ2) is 10.9. The monoisotopic (exact) mass is 429 g/mol. The van der Waals surface area contributed by atoms with Crippen molar-refractivity contribution >= 4 is 23.6 Å². The Morgan fingerprint density at radius 3 is 2.59 bits per heavy atom. The lowest BCUT2D eigenvalue weighted by Crippen LogP contribution is -2.52. The van der Waals surface area contributed by atoms with Gasteiger partial charge in [0.15, 0.2) is 0 Å². The minimum absolute atomic E-state index is 0.274. The molecule has 0 spiro atoms. The number of aliphatic imine (C=N–C) groups is 1. The molecular formula is C26H31N5O. The molecule has 2 N–H and O–H groups in total. The Kier molecular flexibility index (Phi) is 7.52. The van der Waals surface area contributed by atoms with Crippen molar-refractivity contribution in [3.05, 3.63) is 60.2 Å². The van der Waals surface area contributed by atoms with Crippen LogP contribution in [0.1, 0.15) is 44.1 Å². The highest BCUT2D eigenvalue weighted by atomic mass is 16.2. The number of nitrogens with zero attached hydrogens (tertiary/aromatic N) is 3. The zero-order valence-corrected chi connectivity index (χ0v) is 18.4. The number of para-hydroxylation sites is 1. The Labute approximate surface area is 190 Å². The minimum atomic E-state index is -0.315. The largest absolute Gasteiger partial charge is 0.370 e. The molecule has 32 heavy (non-hydrogen) atoms. The average Bonchev–Trinajstić information content (AvgIpc) is 2.84. The quantitative estimate of drug-likeness (QED) is 0.657. The fraction of sp³-hybridized carbons (Fsp3) is 0.423. The first-order chi connectivity index (χ1) is 15.7. The molecule has 3 atom stereocenters. The minimum Gasteiger partial charge on any atom is -0.370 e. The molecule has 166 valence electrons. The molecule has 6 heteroatoms. The van der Waals surface area contributed by atoms with Gasteiger partial charge in [0.05, 0.1) is 11.6 Å². The summed E-state index contributed by atoms with van der Waals surface area (Å²) in [5.41, 5.74) is 2.63. The van der Waals surface area contributed by atoms with E-state index in [0.29, 0.717) is 17.6 Å². The van der Waals surface area contributed by atoms with Crippen molar-refractivity contribution in [2.75, 3.05) is 23.3 Å². The molecule has 4 rings (SSSR count). The van der Waals surface area contributed by atoms with Crippen LogP contribution in [0, 0.1) is 17.2 Å². The van der Waals surface area contributed by atoms with Crippen LogP contribution in [0.3, 0.4) is 0 Å². The maximum atomic E-state index is 12.2. The highest BCUT2D eigenvalue weighted by Gasteiger charge is 2.28. The second-order valence-electron chi connectivity index (χ2n) is 8.74. The average molecular weight is 430 g/mol. The Morgan fingerprint density at radius 2 is 1.81 bits per heavy atom. The van der Waals surface area contributed by atoms with E-state index < -0.39 is 0 Å². The molecule has 1 heterocycles. The van der Waals surface area contributed by atoms with Gasteiger partial charge < -0.3 is 15.5 Å². The molecule has 6 nitrogen and oxygen atoms in total. The molecule has 1 aliphatic heterocycles. The van der Waals surface area contributed by atoms with Crippen molar-refractivity contribution in [1.82, 2.24) is 5.32 Å². The first kappa shape index (κ1) is 22.0. The summed E-state index contributed by atoms with van der Waals surface area (Å²) in [6, 6.07) is 19.9. The Bertz CT molecular complexity index is 950. The van der Waals surface area contributed by atoms with E-state index in [4.69, 9.17) is 5.26 Å². The normalized spacial score (nSPS) is 23.6. The topological polar surface area (TPSA) is 80.5 Å². The van der Waals surface area contributed by atoms with Crippen LogP contribution in [-0.2, 0) is 0 Å². The van der Waals surface area contributed by atoms with E-state index in [0.717, 1.165) is 44.5 Å². The fourth-order valence-electron chi connectivity index (χ4n) is 4.78. The van der Waals surface area contributed by atoms with Gasteiger partial charge in [-0.15, -0.1) is 0 Å². The predicted octanol–water partition coefficient (Wildman–Crippen LogP) is 4.98. The first-order valence-electron chi connectivity index (χ1n) is 11.6. The zero-order valence-electron chi connectivity index (χ0n) is 18.4. The lowest BCUT2D eigenvalue weighted by atomic mass is 9.84. The van der Waals surface area contributed by atoms with Crippen LogP contribution in [0.25, 0.3) is 0 Å². The smallest absolute Gasteiger partial charge is 0.345 e. The number of carbonyl (C=O) groups is 1. The standard InChI is InChI=1S/C26H31N5O/c27-17-20-12-14-24(15-13-20)31-16-6-10-23(19-31)29-25-11-5-4-7-21(25)18-28-26(32)30-22-8-2-1-3-9-22/h1-3,8-9,12-15,18,21,23,25,29H,4-7,10-11,16,19H2,(H,30,32)/b28-18-/t21?,23-,25+/m0/s1. The van der Waals surface area contributed by atoms with Gasteiger partial charge in [0.2, 0.25) is 0 Å². The fourth-order valence-corrected chi connectivity index (χ4v) is 4.78. The van der Waals surface area contributed by atoms with Crippen molar-refractivity contribution in [2.45, 2.75) is 50.6 Å². The van der Waals surface area contributed by atoms with E-state index in [9.17, 15) is 4.79 Å². The van der Waals surface area contributed by atoms with Crippen molar-refractivity contribution in [2.24, 2.45) is 10.9 Å². The summed E-state index contributed by atoms with van der Waals surface area (Å²) in [5, 5.41) is 15.7. The van der Waals surface area contributed by atoms with E-state index >= 15 is 0 Å². The van der Waals surface area contributed by atoms with Gasteiger partial charge in [-0.25, -0.2) is 9.79 Å². The molecular weight excluding hydrogens is 398 g/mol. The molecule has 1 aliphatic carbocycles. The SMILES string of the molecule is N#Cc1ccc(N2CCC[C@H](N[C@@H]3CCCCC3/C=N\C(=O)Nc3ccccc3)C2)cc1. The second-order valence-corrected chi connectivity index (χ2v) is 8.74. The van der Waals surface area contributed by atoms with Gasteiger partial charge in [-0.2, -0.15) is 5.26 Å². The van der Waals surface area contributed by atoms with E-state index in [1.165, 1.54) is 18.5 Å². The van der Waals surface area contributed by atoms with Crippen LogP contribution in [-0.4, -0.2) is 37.4 Å². The van der Waals surface area contributed by atoms with Gasteiger partial charge >= 0.3 is 6.03 Å². The highest BCUT2D eigenvalue weighted by Crippen LogP contribution is 2.26. The first-order valence-corrected chi connectivity index (χ1v) is 11.6. The molecule has 0 bridgehead atoms. The van der Waals surface area contributed by atoms with Crippen LogP contribution < -0.4 is 15.5 Å². The van der Waals surface area contributed by atoms with Crippen LogP contribution in [0.15, 0.2) is 59.6 Å². The molecule has 1 saturated heterocycles. The summed E-state index contributed by atoms with van der Waals surface area (Å²) in [7, 11) is 0. The number of carbonyl (C=O) groups excluding carboxylic acids is 1. The number of piperidine rings is 1. The van der Waals surface area contributed by atoms with Gasteiger partial charge in [0, 0.05) is 48.7 Å². The number of nitrogens with one attached hydrogen (secondary N) is 2. The van der Waals surface area contributed by atoms with Crippen LogP contribution in [0.4, 0.5) is 16.2 Å².